The van der Waals surface area contributed by atoms with E-state index in [0.717, 1.165) is 36.6 Å². The molecule has 0 spiro atoms. The van der Waals surface area contributed by atoms with Crippen molar-refractivity contribution in [3.8, 4) is 23.0 Å². The molecule has 0 aromatic heterocycles. The average Bonchev–Trinajstić information content (AvgIpc) is 2.78. The molecule has 2 N–H and O–H groups in total. The molecule has 1 amide bonds. The monoisotopic (exact) mass is 429 g/mol. The summed E-state index contributed by atoms with van der Waals surface area (Å²) in [6, 6.07) is 9.83. The lowest BCUT2D eigenvalue weighted by atomic mass is 9.98. The van der Waals surface area contributed by atoms with Crippen LogP contribution in [0.25, 0.3) is 0 Å². The van der Waals surface area contributed by atoms with Crippen LogP contribution in [0.1, 0.15) is 30.5 Å². The van der Waals surface area contributed by atoms with E-state index in [1.54, 1.807) is 14.2 Å². The van der Waals surface area contributed by atoms with Gasteiger partial charge in [-0.3, -0.25) is 4.79 Å². The van der Waals surface area contributed by atoms with Crippen LogP contribution in [0.5, 0.6) is 23.0 Å². The smallest absolute Gasteiger partial charge is 0.275 e. The molecule has 1 aliphatic heterocycles. The number of carbonyl (C=O) groups excluding carboxylic acids is 1. The molecule has 0 radical (unpaired) electrons. The Kier molecular flexibility index (Phi) is 8.00. The topological polar surface area (TPSA) is 70.5 Å². The summed E-state index contributed by atoms with van der Waals surface area (Å²) < 4.78 is 22.1. The second kappa shape index (κ2) is 10.9. The van der Waals surface area contributed by atoms with Crippen LogP contribution in [-0.4, -0.2) is 46.4 Å². The Morgan fingerprint density at radius 3 is 2.26 bits per heavy atom. The van der Waals surface area contributed by atoms with E-state index in [1.165, 1.54) is 16.0 Å². The Hall–Kier alpha value is -2.93. The van der Waals surface area contributed by atoms with E-state index in [4.69, 9.17) is 18.9 Å². The minimum absolute atomic E-state index is 0.0317. The number of quaternary nitrogens is 1. The Balaban J connectivity index is 1.58. The molecule has 0 saturated heterocycles. The first kappa shape index (κ1) is 22.7. The number of hydrogen-bond donors (Lipinski definition) is 2. The van der Waals surface area contributed by atoms with Gasteiger partial charge < -0.3 is 29.2 Å². The van der Waals surface area contributed by atoms with Crippen LogP contribution >= 0.6 is 0 Å². The SMILES string of the molecule is CCOc1cc2c(cc1OCC)C[NH+](CC(=O)NCc1ccc(OC)c(OC)c1)CC2. The predicted molar refractivity (Wildman–Crippen MR) is 118 cm³/mol. The minimum Gasteiger partial charge on any atom is -0.493 e. The van der Waals surface area contributed by atoms with Crippen LogP contribution in [-0.2, 0) is 24.3 Å². The predicted octanol–water partition coefficient (Wildman–Crippen LogP) is 1.76. The zero-order valence-corrected chi connectivity index (χ0v) is 18.9. The highest BCUT2D eigenvalue weighted by atomic mass is 16.5. The van der Waals surface area contributed by atoms with E-state index in [-0.39, 0.29) is 5.91 Å². The highest BCUT2D eigenvalue weighted by molar-refractivity contribution is 5.76. The van der Waals surface area contributed by atoms with E-state index in [9.17, 15) is 4.79 Å². The van der Waals surface area contributed by atoms with Crippen molar-refractivity contribution < 1.29 is 28.6 Å². The van der Waals surface area contributed by atoms with Crippen molar-refractivity contribution in [3.05, 3.63) is 47.0 Å². The molecule has 1 atom stereocenters. The van der Waals surface area contributed by atoms with Gasteiger partial charge in [0.05, 0.1) is 34.0 Å². The molecular weight excluding hydrogens is 396 g/mol. The zero-order valence-electron chi connectivity index (χ0n) is 18.9. The van der Waals surface area contributed by atoms with Gasteiger partial charge in [0, 0.05) is 18.5 Å². The maximum Gasteiger partial charge on any atom is 0.275 e. The van der Waals surface area contributed by atoms with Gasteiger partial charge in [-0.15, -0.1) is 0 Å². The van der Waals surface area contributed by atoms with Gasteiger partial charge in [0.2, 0.25) is 0 Å². The third kappa shape index (κ3) is 5.82. The molecule has 0 fully saturated rings. The second-order valence-electron chi connectivity index (χ2n) is 7.50. The molecule has 0 saturated carbocycles. The molecule has 0 bridgehead atoms. The van der Waals surface area contributed by atoms with Gasteiger partial charge in [-0.25, -0.2) is 0 Å². The van der Waals surface area contributed by atoms with E-state index in [1.807, 2.05) is 32.0 Å². The number of hydrogen-bond acceptors (Lipinski definition) is 5. The number of ether oxygens (including phenoxy) is 4. The summed E-state index contributed by atoms with van der Waals surface area (Å²) >= 11 is 0. The van der Waals surface area contributed by atoms with Crippen LogP contribution in [0.3, 0.4) is 0 Å². The molecule has 1 heterocycles. The highest BCUT2D eigenvalue weighted by Gasteiger charge is 2.24. The summed E-state index contributed by atoms with van der Waals surface area (Å²) in [4.78, 5) is 13.8. The standard InChI is InChI=1S/C24H32N2O5/c1-5-30-22-12-18-9-10-26(15-19(18)13-23(22)31-6-2)16-24(27)25-14-17-7-8-20(28-3)21(11-17)29-4/h7-8,11-13H,5-6,9-10,14-16H2,1-4H3,(H,25,27)/p+1. The normalized spacial score (nSPS) is 15.0. The summed E-state index contributed by atoms with van der Waals surface area (Å²) in [6.07, 6.45) is 0.917. The summed E-state index contributed by atoms with van der Waals surface area (Å²) in [5, 5.41) is 3.02. The minimum atomic E-state index is 0.0317. The number of benzene rings is 2. The number of nitrogens with one attached hydrogen (secondary N) is 2. The van der Waals surface area contributed by atoms with Crippen LogP contribution in [0.4, 0.5) is 0 Å². The first-order valence-corrected chi connectivity index (χ1v) is 10.8. The van der Waals surface area contributed by atoms with Crippen LogP contribution < -0.4 is 29.2 Å². The van der Waals surface area contributed by atoms with Crippen molar-refractivity contribution >= 4 is 5.91 Å². The first-order chi connectivity index (χ1) is 15.1. The molecule has 168 valence electrons. The third-order valence-electron chi connectivity index (χ3n) is 5.40. The number of fused-ring (bicyclic) bond motifs is 1. The van der Waals surface area contributed by atoms with Gasteiger partial charge in [0.25, 0.3) is 5.91 Å². The lowest BCUT2D eigenvalue weighted by molar-refractivity contribution is -0.908. The molecule has 7 heteroatoms. The molecule has 2 aromatic carbocycles. The maximum absolute atomic E-state index is 12.6. The van der Waals surface area contributed by atoms with E-state index in [0.29, 0.717) is 37.8 Å². The van der Waals surface area contributed by atoms with Crippen LogP contribution in [0.2, 0.25) is 0 Å². The van der Waals surface area contributed by atoms with E-state index < -0.39 is 0 Å². The largest absolute Gasteiger partial charge is 0.493 e. The Morgan fingerprint density at radius 2 is 1.61 bits per heavy atom. The molecular formula is C24H33N2O5+. The third-order valence-corrected chi connectivity index (χ3v) is 5.40. The molecule has 0 aliphatic carbocycles. The number of methoxy groups -OCH3 is 2. The Labute approximate surface area is 184 Å². The van der Waals surface area contributed by atoms with E-state index >= 15 is 0 Å². The van der Waals surface area contributed by atoms with Crippen molar-refractivity contribution in [1.82, 2.24) is 5.32 Å². The van der Waals surface area contributed by atoms with Gasteiger partial charge in [0.15, 0.2) is 29.5 Å². The number of amides is 1. The first-order valence-electron chi connectivity index (χ1n) is 10.8. The molecule has 3 rings (SSSR count). The lowest BCUT2D eigenvalue weighted by Gasteiger charge is -2.26. The van der Waals surface area contributed by atoms with Gasteiger partial charge in [-0.05, 0) is 49.2 Å². The molecule has 31 heavy (non-hydrogen) atoms. The molecule has 2 aromatic rings. The van der Waals surface area contributed by atoms with Gasteiger partial charge in [-0.2, -0.15) is 0 Å². The fourth-order valence-corrected chi connectivity index (χ4v) is 3.88. The van der Waals surface area contributed by atoms with Crippen LogP contribution in [0.15, 0.2) is 30.3 Å². The van der Waals surface area contributed by atoms with Gasteiger partial charge >= 0.3 is 0 Å². The lowest BCUT2D eigenvalue weighted by Crippen LogP contribution is -3.12. The van der Waals surface area contributed by atoms with Crippen molar-refractivity contribution in [2.45, 2.75) is 33.4 Å². The quantitative estimate of drug-likeness (QED) is 0.602. The second-order valence-corrected chi connectivity index (χ2v) is 7.50. The van der Waals surface area contributed by atoms with Crippen molar-refractivity contribution in [2.24, 2.45) is 0 Å². The summed E-state index contributed by atoms with van der Waals surface area (Å²) in [6.45, 7) is 7.74. The molecule has 1 unspecified atom stereocenters. The average molecular weight is 430 g/mol. The van der Waals surface area contributed by atoms with Crippen molar-refractivity contribution in [1.29, 1.82) is 0 Å². The molecule has 7 nitrogen and oxygen atoms in total. The zero-order chi connectivity index (χ0) is 22.2. The van der Waals surface area contributed by atoms with E-state index in [2.05, 4.69) is 17.4 Å². The maximum atomic E-state index is 12.6. The molecule has 1 aliphatic rings. The number of carbonyl (C=O) groups is 1. The van der Waals surface area contributed by atoms with Crippen LogP contribution in [0, 0.1) is 0 Å². The van der Waals surface area contributed by atoms with Gasteiger partial charge in [-0.1, -0.05) is 6.07 Å². The fraction of sp³-hybridized carbons (Fsp3) is 0.458. The summed E-state index contributed by atoms with van der Waals surface area (Å²) in [5.74, 6) is 2.95. The Bertz CT molecular complexity index is 900. The van der Waals surface area contributed by atoms with Crippen molar-refractivity contribution in [3.63, 3.8) is 0 Å². The highest BCUT2D eigenvalue weighted by Crippen LogP contribution is 2.32. The Morgan fingerprint density at radius 1 is 0.935 bits per heavy atom. The summed E-state index contributed by atoms with van der Waals surface area (Å²) in [5.41, 5.74) is 3.47. The van der Waals surface area contributed by atoms with Gasteiger partial charge in [0.1, 0.15) is 6.54 Å². The number of rotatable bonds is 10. The fourth-order valence-electron chi connectivity index (χ4n) is 3.88. The summed E-state index contributed by atoms with van der Waals surface area (Å²) in [7, 11) is 3.21. The van der Waals surface area contributed by atoms with Crippen molar-refractivity contribution in [2.75, 3.05) is 40.5 Å².